The average Bonchev–Trinajstić information content (AvgIpc) is 2.42. The number of hydrogen-bond donors (Lipinski definition) is 1. The van der Waals surface area contributed by atoms with Crippen LogP contribution in [0.4, 0.5) is 0 Å². The van der Waals surface area contributed by atoms with Gasteiger partial charge < -0.3 is 14.8 Å². The van der Waals surface area contributed by atoms with Gasteiger partial charge in [-0.25, -0.2) is 8.42 Å². The second kappa shape index (κ2) is 8.33. The summed E-state index contributed by atoms with van der Waals surface area (Å²) in [4.78, 5) is 11.9. The lowest BCUT2D eigenvalue weighted by Gasteiger charge is -2.09. The monoisotopic (exact) mass is 335 g/mol. The summed E-state index contributed by atoms with van der Waals surface area (Å²) < 4.78 is 32.9. The van der Waals surface area contributed by atoms with Crippen LogP contribution in [0.25, 0.3) is 0 Å². The summed E-state index contributed by atoms with van der Waals surface area (Å²) in [6.07, 6.45) is 0. The molecule has 1 aromatic carbocycles. The maximum Gasteiger partial charge on any atom is 0.261 e. The van der Waals surface area contributed by atoms with E-state index in [9.17, 15) is 13.2 Å². The number of amides is 1. The predicted molar refractivity (Wildman–Crippen MR) is 79.0 cm³/mol. The molecule has 118 valence electrons. The Bertz CT molecular complexity index is 588. The number of benzene rings is 1. The highest BCUT2D eigenvalue weighted by atomic mass is 35.7. The van der Waals surface area contributed by atoms with E-state index in [0.717, 1.165) is 0 Å². The average molecular weight is 336 g/mol. The number of rotatable bonds is 8. The molecule has 21 heavy (non-hydrogen) atoms. The second-order valence-corrected chi connectivity index (χ2v) is 6.76. The van der Waals surface area contributed by atoms with Gasteiger partial charge in [0, 0.05) is 36.5 Å². The minimum Gasteiger partial charge on any atom is -0.380 e. The van der Waals surface area contributed by atoms with E-state index in [1.807, 2.05) is 6.92 Å². The number of carbonyl (C=O) groups is 1. The molecule has 0 aliphatic heterocycles. The Morgan fingerprint density at radius 1 is 1.33 bits per heavy atom. The van der Waals surface area contributed by atoms with Gasteiger partial charge in [0.05, 0.1) is 18.1 Å². The van der Waals surface area contributed by atoms with Gasteiger partial charge in [0.15, 0.2) is 0 Å². The molecular weight excluding hydrogens is 318 g/mol. The van der Waals surface area contributed by atoms with Crippen molar-refractivity contribution in [2.24, 2.45) is 0 Å². The van der Waals surface area contributed by atoms with E-state index in [2.05, 4.69) is 5.32 Å². The first-order valence-corrected chi connectivity index (χ1v) is 8.63. The predicted octanol–water partition coefficient (Wildman–Crippen LogP) is 1.53. The fourth-order valence-electron chi connectivity index (χ4n) is 1.67. The summed E-state index contributed by atoms with van der Waals surface area (Å²) in [7, 11) is 2.89. The highest BCUT2D eigenvalue weighted by Gasteiger charge is 2.15. The van der Waals surface area contributed by atoms with Crippen molar-refractivity contribution >= 4 is 25.6 Å². The van der Waals surface area contributed by atoms with E-state index in [1.165, 1.54) is 19.2 Å². The van der Waals surface area contributed by atoms with Crippen molar-refractivity contribution in [3.8, 4) is 0 Å². The third-order valence-corrected chi connectivity index (χ3v) is 3.89. The van der Waals surface area contributed by atoms with Crippen LogP contribution >= 0.6 is 10.7 Å². The number of halogens is 1. The maximum absolute atomic E-state index is 12.0. The van der Waals surface area contributed by atoms with Crippen molar-refractivity contribution in [2.45, 2.75) is 18.4 Å². The first kappa shape index (κ1) is 17.9. The molecule has 0 radical (unpaired) electrons. The topological polar surface area (TPSA) is 81.7 Å². The fourth-order valence-corrected chi connectivity index (χ4v) is 2.49. The summed E-state index contributed by atoms with van der Waals surface area (Å²) in [6, 6.07) is 4.17. The van der Waals surface area contributed by atoms with Crippen molar-refractivity contribution in [2.75, 3.05) is 26.9 Å². The molecule has 0 heterocycles. The molecule has 0 fully saturated rings. The van der Waals surface area contributed by atoms with Crippen LogP contribution in [0.3, 0.4) is 0 Å². The molecule has 1 amide bonds. The molecule has 0 spiro atoms. The minimum absolute atomic E-state index is 0.131. The van der Waals surface area contributed by atoms with E-state index in [0.29, 0.717) is 25.3 Å². The zero-order valence-corrected chi connectivity index (χ0v) is 13.5. The summed E-state index contributed by atoms with van der Waals surface area (Å²) in [5.74, 6) is -0.394. The van der Waals surface area contributed by atoms with Gasteiger partial charge in [-0.3, -0.25) is 4.79 Å². The summed E-state index contributed by atoms with van der Waals surface area (Å²) in [5.41, 5.74) is 0.759. The largest absolute Gasteiger partial charge is 0.380 e. The highest BCUT2D eigenvalue weighted by Crippen LogP contribution is 2.19. The molecule has 0 aromatic heterocycles. The zero-order chi connectivity index (χ0) is 15.9. The lowest BCUT2D eigenvalue weighted by atomic mass is 10.1. The van der Waals surface area contributed by atoms with Crippen molar-refractivity contribution in [1.82, 2.24) is 5.32 Å². The standard InChI is InChI=1S/C13H18ClNO5S/c1-3-20-5-4-15-13(16)11-6-10(9-19-2)7-12(8-11)21(14,17)18/h6-8H,3-5,9H2,1-2H3,(H,15,16). The van der Waals surface area contributed by atoms with Gasteiger partial charge in [-0.05, 0) is 30.7 Å². The van der Waals surface area contributed by atoms with Gasteiger partial charge in [-0.1, -0.05) is 0 Å². The molecular formula is C13H18ClNO5S. The number of carbonyl (C=O) groups excluding carboxylic acids is 1. The van der Waals surface area contributed by atoms with Crippen molar-refractivity contribution in [1.29, 1.82) is 0 Å². The lowest BCUT2D eigenvalue weighted by Crippen LogP contribution is -2.27. The Hall–Kier alpha value is -1.15. The Labute approximate surface area is 128 Å². The number of hydrogen-bond acceptors (Lipinski definition) is 5. The van der Waals surface area contributed by atoms with E-state index < -0.39 is 15.0 Å². The number of nitrogens with one attached hydrogen (secondary N) is 1. The molecule has 8 heteroatoms. The Morgan fingerprint density at radius 2 is 2.05 bits per heavy atom. The van der Waals surface area contributed by atoms with Gasteiger partial charge in [-0.15, -0.1) is 0 Å². The van der Waals surface area contributed by atoms with Crippen LogP contribution in [0.2, 0.25) is 0 Å². The molecule has 0 aliphatic carbocycles. The summed E-state index contributed by atoms with van der Waals surface area (Å²) in [5, 5.41) is 2.64. The van der Waals surface area contributed by atoms with Gasteiger partial charge in [0.2, 0.25) is 0 Å². The van der Waals surface area contributed by atoms with Crippen LogP contribution < -0.4 is 5.32 Å². The molecule has 1 N–H and O–H groups in total. The molecule has 6 nitrogen and oxygen atoms in total. The van der Waals surface area contributed by atoms with Crippen LogP contribution in [0.15, 0.2) is 23.1 Å². The van der Waals surface area contributed by atoms with Gasteiger partial charge in [-0.2, -0.15) is 0 Å². The van der Waals surface area contributed by atoms with Crippen LogP contribution in [0, 0.1) is 0 Å². The zero-order valence-electron chi connectivity index (χ0n) is 11.9. The van der Waals surface area contributed by atoms with Crippen LogP contribution in [-0.2, 0) is 25.1 Å². The Morgan fingerprint density at radius 3 is 2.62 bits per heavy atom. The highest BCUT2D eigenvalue weighted by molar-refractivity contribution is 8.13. The van der Waals surface area contributed by atoms with Crippen molar-refractivity contribution in [3.05, 3.63) is 29.3 Å². The molecule has 0 aliphatic rings. The number of ether oxygens (including phenoxy) is 2. The molecule has 1 rings (SSSR count). The van der Waals surface area contributed by atoms with E-state index in [-0.39, 0.29) is 17.1 Å². The maximum atomic E-state index is 12.0. The van der Waals surface area contributed by atoms with Gasteiger partial charge in [0.1, 0.15) is 0 Å². The Kier molecular flexibility index (Phi) is 7.10. The van der Waals surface area contributed by atoms with Crippen LogP contribution in [0.1, 0.15) is 22.8 Å². The molecule has 0 atom stereocenters. The summed E-state index contributed by atoms with van der Waals surface area (Å²) in [6.45, 7) is 3.33. The number of methoxy groups -OCH3 is 1. The molecule has 1 aromatic rings. The smallest absolute Gasteiger partial charge is 0.261 e. The molecule has 0 bridgehead atoms. The quantitative estimate of drug-likeness (QED) is 0.575. The van der Waals surface area contributed by atoms with Crippen LogP contribution in [0.5, 0.6) is 0 Å². The minimum atomic E-state index is -3.92. The van der Waals surface area contributed by atoms with Crippen molar-refractivity contribution in [3.63, 3.8) is 0 Å². The fraction of sp³-hybridized carbons (Fsp3) is 0.462. The summed E-state index contributed by atoms with van der Waals surface area (Å²) >= 11 is 0. The lowest BCUT2D eigenvalue weighted by molar-refractivity contribution is 0.0922. The van der Waals surface area contributed by atoms with E-state index in [4.69, 9.17) is 20.2 Å². The van der Waals surface area contributed by atoms with Crippen LogP contribution in [-0.4, -0.2) is 41.2 Å². The SMILES string of the molecule is CCOCCNC(=O)c1cc(COC)cc(S(=O)(=O)Cl)c1. The van der Waals surface area contributed by atoms with Crippen molar-refractivity contribution < 1.29 is 22.7 Å². The van der Waals surface area contributed by atoms with Gasteiger partial charge in [0.25, 0.3) is 15.0 Å². The van der Waals surface area contributed by atoms with E-state index >= 15 is 0 Å². The van der Waals surface area contributed by atoms with E-state index in [1.54, 1.807) is 6.07 Å². The Balaban J connectivity index is 2.94. The third-order valence-electron chi connectivity index (χ3n) is 2.56. The first-order chi connectivity index (χ1) is 9.88. The second-order valence-electron chi connectivity index (χ2n) is 4.19. The molecule has 0 unspecified atom stereocenters. The normalized spacial score (nSPS) is 11.4. The molecule has 0 saturated carbocycles. The first-order valence-electron chi connectivity index (χ1n) is 6.32. The third kappa shape index (κ3) is 6.01. The van der Waals surface area contributed by atoms with Gasteiger partial charge >= 0.3 is 0 Å². The molecule has 0 saturated heterocycles.